The number of hydrogen-bond donors (Lipinski definition) is 4. The van der Waals surface area contributed by atoms with Gasteiger partial charge < -0.3 is 30.1 Å². The molecule has 2 aliphatic heterocycles. The van der Waals surface area contributed by atoms with Crippen LogP contribution in [0.25, 0.3) is 21.6 Å². The molecule has 4 amide bonds. The number of thiazole rings is 1. The van der Waals surface area contributed by atoms with Gasteiger partial charge in [0.25, 0.3) is 5.91 Å². The Morgan fingerprint density at radius 3 is 2.59 bits per heavy atom. The number of carboxylic acid groups (broad SMARTS) is 1. The third-order valence-electron chi connectivity index (χ3n) is 11.1. The number of aryl methyl sites for hydroxylation is 1. The van der Waals surface area contributed by atoms with Crippen LogP contribution in [-0.2, 0) is 24.4 Å². The molecule has 2 aromatic heterocycles. The first kappa shape index (κ1) is 39.5. The number of nitrogens with zero attached hydrogens (tertiary/aromatic N) is 3. The Hall–Kier alpha value is -4.77. The van der Waals surface area contributed by atoms with Gasteiger partial charge in [-0.25, -0.2) is 23.2 Å². The summed E-state index contributed by atoms with van der Waals surface area (Å²) in [7, 11) is -2.33. The third-order valence-corrected chi connectivity index (χ3v) is 13.8. The zero-order valence-corrected chi connectivity index (χ0v) is 33.5. The predicted octanol–water partition coefficient (Wildman–Crippen LogP) is 4.79. The molecule has 0 unspecified atom stereocenters. The zero-order valence-electron chi connectivity index (χ0n) is 31.9. The number of allylic oxidation sites excluding steroid dienone is 1. The SMILES string of the molecule is COc1ccc2c(O[C@@H]3C[C@H]4C(=O)N[C@]5(C(=O)NS(=O)(=O)C6CC6)C[C@H]5/C=C/CCCCC[C@H](NC(=O)O)C(=O)N4C3)cc(-c3nc(C(C)C)cs3)nc2c1C. The fourth-order valence-electron chi connectivity index (χ4n) is 7.65. The van der Waals surface area contributed by atoms with E-state index in [1.165, 1.54) is 16.2 Å². The fourth-order valence-corrected chi connectivity index (χ4v) is 9.96. The molecule has 56 heavy (non-hydrogen) atoms. The summed E-state index contributed by atoms with van der Waals surface area (Å²) in [6.45, 7) is 5.96. The summed E-state index contributed by atoms with van der Waals surface area (Å²) < 4.78 is 40.2. The lowest BCUT2D eigenvalue weighted by atomic mass is 10.1. The van der Waals surface area contributed by atoms with Gasteiger partial charge in [-0.1, -0.05) is 38.8 Å². The van der Waals surface area contributed by atoms with Crippen molar-refractivity contribution in [2.24, 2.45) is 5.92 Å². The molecule has 17 heteroatoms. The van der Waals surface area contributed by atoms with Gasteiger partial charge in [0, 0.05) is 34.7 Å². The van der Waals surface area contributed by atoms with Crippen molar-refractivity contribution < 1.29 is 42.2 Å². The van der Waals surface area contributed by atoms with Gasteiger partial charge in [0.15, 0.2) is 0 Å². The molecule has 15 nitrogen and oxygen atoms in total. The molecule has 2 aliphatic carbocycles. The summed E-state index contributed by atoms with van der Waals surface area (Å²) in [5.41, 5.74) is 1.39. The minimum absolute atomic E-state index is 0.0129. The average Bonchev–Trinajstić information content (AvgIpc) is 4.03. The van der Waals surface area contributed by atoms with Crippen molar-refractivity contribution in [3.63, 3.8) is 0 Å². The first-order valence-electron chi connectivity index (χ1n) is 19.2. The Morgan fingerprint density at radius 1 is 1.11 bits per heavy atom. The quantitative estimate of drug-likeness (QED) is 0.216. The van der Waals surface area contributed by atoms with Crippen LogP contribution >= 0.6 is 11.3 Å². The summed E-state index contributed by atoms with van der Waals surface area (Å²) >= 11 is 1.46. The van der Waals surface area contributed by atoms with Crippen molar-refractivity contribution >= 4 is 56.1 Å². The van der Waals surface area contributed by atoms with Gasteiger partial charge >= 0.3 is 6.09 Å². The molecule has 4 heterocycles. The number of benzene rings is 1. The van der Waals surface area contributed by atoms with E-state index in [4.69, 9.17) is 19.4 Å². The van der Waals surface area contributed by atoms with Gasteiger partial charge in [0.1, 0.15) is 45.9 Å². The maximum Gasteiger partial charge on any atom is 0.405 e. The first-order chi connectivity index (χ1) is 26.7. The number of methoxy groups -OCH3 is 1. The van der Waals surface area contributed by atoms with Crippen molar-refractivity contribution in [1.82, 2.24) is 30.2 Å². The van der Waals surface area contributed by atoms with Crippen molar-refractivity contribution in [2.45, 2.75) is 113 Å². The number of pyridine rings is 1. The Labute approximate surface area is 329 Å². The molecule has 1 aromatic carbocycles. The van der Waals surface area contributed by atoms with Crippen LogP contribution < -0.4 is 24.8 Å². The summed E-state index contributed by atoms with van der Waals surface area (Å²) in [5, 5.41) is 17.6. The number of carbonyl (C=O) groups is 4. The van der Waals surface area contributed by atoms with Crippen LogP contribution in [-0.4, -0.2) is 94.8 Å². The highest BCUT2D eigenvalue weighted by Gasteiger charge is 2.62. The van der Waals surface area contributed by atoms with Gasteiger partial charge in [-0.05, 0) is 63.5 Å². The lowest BCUT2D eigenvalue weighted by Crippen LogP contribution is -2.58. The second kappa shape index (κ2) is 15.6. The van der Waals surface area contributed by atoms with Gasteiger partial charge in [-0.2, -0.15) is 0 Å². The number of hydrogen-bond acceptors (Lipinski definition) is 11. The number of carbonyl (C=O) groups excluding carboxylic acids is 3. The number of aromatic nitrogens is 2. The van der Waals surface area contributed by atoms with Gasteiger partial charge in [-0.15, -0.1) is 11.3 Å². The van der Waals surface area contributed by atoms with E-state index in [2.05, 4.69) is 29.2 Å². The van der Waals surface area contributed by atoms with Crippen LogP contribution in [0.15, 0.2) is 35.7 Å². The molecule has 0 bridgehead atoms. The summed E-state index contributed by atoms with van der Waals surface area (Å²) in [5.74, 6) is -1.21. The Bertz CT molecular complexity index is 2190. The number of fused-ring (bicyclic) bond motifs is 3. The second-order valence-corrected chi connectivity index (χ2v) is 18.3. The molecule has 1 saturated heterocycles. The van der Waals surface area contributed by atoms with E-state index in [1.54, 1.807) is 13.2 Å². The zero-order chi connectivity index (χ0) is 39.9. The standard InChI is InChI=1S/C39H48N6O9S2/c1-21(2)29-20-55-35(41-29)28-17-32(26-14-15-31(53-4)22(3)33(26)40-28)54-24-16-30-34(46)43-39(37(48)44-56(51,52)25-12-13-25)18-23(39)10-8-6-5-7-9-11-27(42-38(49)50)36(47)45(30)19-24/h8,10,14-15,17,20-21,23-25,27,30,42H,5-7,9,11-13,16,18-19H2,1-4H3,(H,43,46)(H,44,48)(H,49,50)/b10-8+/t23-,24-,27+,30+,39-/m1/s1. The molecule has 0 spiro atoms. The number of amides is 4. The fraction of sp³-hybridized carbons (Fsp3) is 0.538. The highest BCUT2D eigenvalue weighted by atomic mass is 32.2. The van der Waals surface area contributed by atoms with E-state index in [9.17, 15) is 32.7 Å². The second-order valence-electron chi connectivity index (χ2n) is 15.5. The topological polar surface area (TPSA) is 206 Å². The van der Waals surface area contributed by atoms with Crippen LogP contribution in [0, 0.1) is 12.8 Å². The highest BCUT2D eigenvalue weighted by molar-refractivity contribution is 7.91. The van der Waals surface area contributed by atoms with Crippen LogP contribution in [0.1, 0.15) is 88.8 Å². The maximum atomic E-state index is 14.4. The van der Waals surface area contributed by atoms with Crippen molar-refractivity contribution in [1.29, 1.82) is 0 Å². The van der Waals surface area contributed by atoms with E-state index < -0.39 is 68.7 Å². The van der Waals surface area contributed by atoms with E-state index in [1.807, 2.05) is 36.6 Å². The van der Waals surface area contributed by atoms with Crippen molar-refractivity contribution in [2.75, 3.05) is 13.7 Å². The Kier molecular flexibility index (Phi) is 11.0. The molecule has 3 fully saturated rings. The van der Waals surface area contributed by atoms with E-state index in [0.29, 0.717) is 58.8 Å². The van der Waals surface area contributed by atoms with Gasteiger partial charge in [0.2, 0.25) is 21.8 Å². The first-order valence-corrected chi connectivity index (χ1v) is 21.6. The van der Waals surface area contributed by atoms with E-state index >= 15 is 0 Å². The Morgan fingerprint density at radius 2 is 1.89 bits per heavy atom. The lowest BCUT2D eigenvalue weighted by Gasteiger charge is -2.29. The number of ether oxygens (including phenoxy) is 2. The van der Waals surface area contributed by atoms with Crippen LogP contribution in [0.3, 0.4) is 0 Å². The maximum absolute atomic E-state index is 14.4. The minimum Gasteiger partial charge on any atom is -0.496 e. The molecular formula is C39H48N6O9S2. The van der Waals surface area contributed by atoms with Crippen LogP contribution in [0.2, 0.25) is 0 Å². The van der Waals surface area contributed by atoms with E-state index in [0.717, 1.165) is 24.1 Å². The molecule has 5 atom stereocenters. The smallest absolute Gasteiger partial charge is 0.405 e. The average molecular weight is 809 g/mol. The summed E-state index contributed by atoms with van der Waals surface area (Å²) in [6.07, 6.45) is 5.72. The van der Waals surface area contributed by atoms with Crippen LogP contribution in [0.4, 0.5) is 4.79 Å². The molecule has 300 valence electrons. The number of sulfonamides is 1. The monoisotopic (exact) mass is 808 g/mol. The van der Waals surface area contributed by atoms with Crippen molar-refractivity contribution in [3.05, 3.63) is 47.0 Å². The largest absolute Gasteiger partial charge is 0.496 e. The third kappa shape index (κ3) is 8.06. The molecular weight excluding hydrogens is 761 g/mol. The van der Waals surface area contributed by atoms with Crippen LogP contribution in [0.5, 0.6) is 11.5 Å². The van der Waals surface area contributed by atoms with Gasteiger partial charge in [0.05, 0.1) is 30.1 Å². The van der Waals surface area contributed by atoms with E-state index in [-0.39, 0.29) is 31.7 Å². The predicted molar refractivity (Wildman–Crippen MR) is 209 cm³/mol. The lowest BCUT2D eigenvalue weighted by molar-refractivity contribution is -0.141. The number of rotatable bonds is 9. The van der Waals surface area contributed by atoms with Gasteiger partial charge in [-0.3, -0.25) is 19.1 Å². The highest BCUT2D eigenvalue weighted by Crippen LogP contribution is 2.46. The molecule has 4 aliphatic rings. The minimum atomic E-state index is -3.91. The molecule has 0 radical (unpaired) electrons. The summed E-state index contributed by atoms with van der Waals surface area (Å²) in [4.78, 5) is 65.5. The normalized spacial score (nSPS) is 26.3. The Balaban J connectivity index is 1.24. The molecule has 4 N–H and O–H groups in total. The molecule has 7 rings (SSSR count). The molecule has 2 saturated carbocycles. The summed E-state index contributed by atoms with van der Waals surface area (Å²) in [6, 6.07) is 3.17. The number of nitrogens with one attached hydrogen (secondary N) is 3. The molecule has 3 aromatic rings. The van der Waals surface area contributed by atoms with Crippen molar-refractivity contribution in [3.8, 4) is 22.2 Å².